The van der Waals surface area contributed by atoms with Gasteiger partial charge in [-0.15, -0.1) is 0 Å². The van der Waals surface area contributed by atoms with E-state index in [1.807, 2.05) is 24.3 Å². The molecule has 0 aromatic heterocycles. The Bertz CT molecular complexity index is 585. The molecule has 0 aliphatic carbocycles. The molecule has 21 heavy (non-hydrogen) atoms. The molecule has 2 aliphatic rings. The molecule has 1 saturated heterocycles. The predicted octanol–water partition coefficient (Wildman–Crippen LogP) is 2.09. The van der Waals surface area contributed by atoms with Crippen LogP contribution >= 0.6 is 0 Å². The number of fused-ring (bicyclic) bond motifs is 1. The number of likely N-dealkylation sites (tertiary alicyclic amines) is 1. The van der Waals surface area contributed by atoms with Gasteiger partial charge < -0.3 is 15.1 Å². The second-order valence-electron chi connectivity index (χ2n) is 6.11. The monoisotopic (exact) mass is 287 g/mol. The molecule has 0 bridgehead atoms. The van der Waals surface area contributed by atoms with Crippen molar-refractivity contribution in [3.8, 4) is 0 Å². The minimum atomic E-state index is -0.728. The van der Waals surface area contributed by atoms with Crippen molar-refractivity contribution >= 4 is 17.6 Å². The Morgan fingerprint density at radius 2 is 2.05 bits per heavy atom. The molecule has 1 aromatic rings. The van der Waals surface area contributed by atoms with Crippen LogP contribution in [-0.4, -0.2) is 47.9 Å². The Kier molecular flexibility index (Phi) is 3.35. The highest BCUT2D eigenvalue weighted by Gasteiger charge is 2.50. The average molecular weight is 287 g/mol. The lowest BCUT2D eigenvalue weighted by Crippen LogP contribution is -2.65. The van der Waals surface area contributed by atoms with E-state index in [2.05, 4.69) is 5.32 Å². The van der Waals surface area contributed by atoms with Crippen molar-refractivity contribution < 1.29 is 9.59 Å². The van der Waals surface area contributed by atoms with Crippen LogP contribution in [0.3, 0.4) is 0 Å². The molecule has 3 amide bonds. The third-order valence-corrected chi connectivity index (χ3v) is 4.52. The van der Waals surface area contributed by atoms with E-state index in [1.54, 1.807) is 23.9 Å². The number of nitrogens with one attached hydrogen (secondary N) is 1. The van der Waals surface area contributed by atoms with Crippen molar-refractivity contribution in [2.75, 3.05) is 26.0 Å². The zero-order valence-electron chi connectivity index (χ0n) is 12.6. The molecular formula is C16H21N3O2. The van der Waals surface area contributed by atoms with E-state index in [0.29, 0.717) is 13.0 Å². The van der Waals surface area contributed by atoms with Crippen molar-refractivity contribution in [1.82, 2.24) is 9.80 Å². The van der Waals surface area contributed by atoms with Crippen LogP contribution in [-0.2, 0) is 11.2 Å². The number of carbonyl (C=O) groups excluding carboxylic acids is 2. The fourth-order valence-electron chi connectivity index (χ4n) is 3.41. The largest absolute Gasteiger partial charge is 0.331 e. The number of para-hydroxylation sites is 1. The van der Waals surface area contributed by atoms with E-state index in [0.717, 1.165) is 30.5 Å². The highest BCUT2D eigenvalue weighted by atomic mass is 16.2. The van der Waals surface area contributed by atoms with Gasteiger partial charge in [0.2, 0.25) is 0 Å². The fourth-order valence-corrected chi connectivity index (χ4v) is 3.41. The molecule has 1 fully saturated rings. The lowest BCUT2D eigenvalue weighted by molar-refractivity contribution is -0.129. The van der Waals surface area contributed by atoms with Crippen LogP contribution in [0.1, 0.15) is 24.8 Å². The van der Waals surface area contributed by atoms with Crippen molar-refractivity contribution in [2.24, 2.45) is 0 Å². The maximum absolute atomic E-state index is 12.7. The van der Waals surface area contributed by atoms with Gasteiger partial charge in [0.05, 0.1) is 0 Å². The van der Waals surface area contributed by atoms with Crippen LogP contribution in [0.2, 0.25) is 0 Å². The third kappa shape index (κ3) is 2.17. The molecule has 1 spiro atoms. The Morgan fingerprint density at radius 3 is 2.81 bits per heavy atom. The van der Waals surface area contributed by atoms with Gasteiger partial charge in [0, 0.05) is 32.7 Å². The molecule has 2 heterocycles. The molecule has 1 aromatic carbocycles. The van der Waals surface area contributed by atoms with Gasteiger partial charge in [0.25, 0.3) is 5.91 Å². The first-order valence-electron chi connectivity index (χ1n) is 7.43. The van der Waals surface area contributed by atoms with E-state index in [-0.39, 0.29) is 11.9 Å². The fraction of sp³-hybridized carbons (Fsp3) is 0.500. The van der Waals surface area contributed by atoms with Gasteiger partial charge in [-0.05, 0) is 30.9 Å². The summed E-state index contributed by atoms with van der Waals surface area (Å²) in [5.74, 6) is -0.0453. The quantitative estimate of drug-likeness (QED) is 0.794. The molecule has 3 rings (SSSR count). The van der Waals surface area contributed by atoms with Crippen LogP contribution < -0.4 is 5.32 Å². The molecule has 2 aliphatic heterocycles. The van der Waals surface area contributed by atoms with Crippen molar-refractivity contribution in [3.63, 3.8) is 0 Å². The summed E-state index contributed by atoms with van der Waals surface area (Å²) in [6, 6.07) is 7.76. The van der Waals surface area contributed by atoms with E-state index in [4.69, 9.17) is 0 Å². The average Bonchev–Trinajstić information content (AvgIpc) is 2.48. The standard InChI is InChI=1S/C16H21N3O2/c1-18(2)15(21)19-10-6-5-9-16(19)11-12-7-3-4-8-13(12)17-14(16)20/h3-4,7-8H,5-6,9-11H2,1-2H3,(H,17,20). The molecule has 5 heteroatoms. The number of anilines is 1. The Morgan fingerprint density at radius 1 is 1.29 bits per heavy atom. The third-order valence-electron chi connectivity index (χ3n) is 4.52. The van der Waals surface area contributed by atoms with Gasteiger partial charge in [0.1, 0.15) is 5.54 Å². The number of benzene rings is 1. The van der Waals surface area contributed by atoms with Gasteiger partial charge >= 0.3 is 6.03 Å². The second-order valence-corrected chi connectivity index (χ2v) is 6.11. The van der Waals surface area contributed by atoms with Crippen LogP contribution in [0, 0.1) is 0 Å². The van der Waals surface area contributed by atoms with Crippen molar-refractivity contribution in [3.05, 3.63) is 29.8 Å². The molecule has 1 N–H and O–H groups in total. The van der Waals surface area contributed by atoms with E-state index in [1.165, 1.54) is 0 Å². The minimum Gasteiger partial charge on any atom is -0.331 e. The minimum absolute atomic E-state index is 0.0453. The van der Waals surface area contributed by atoms with Gasteiger partial charge in [-0.1, -0.05) is 18.2 Å². The highest BCUT2D eigenvalue weighted by molar-refractivity contribution is 6.03. The van der Waals surface area contributed by atoms with Crippen molar-refractivity contribution in [1.29, 1.82) is 0 Å². The summed E-state index contributed by atoms with van der Waals surface area (Å²) in [5.41, 5.74) is 1.25. The Labute approximate surface area is 124 Å². The van der Waals surface area contributed by atoms with Gasteiger partial charge in [-0.25, -0.2) is 4.79 Å². The smallest absolute Gasteiger partial charge is 0.320 e. The summed E-state index contributed by atoms with van der Waals surface area (Å²) >= 11 is 0. The predicted molar refractivity (Wildman–Crippen MR) is 81.1 cm³/mol. The van der Waals surface area contributed by atoms with Crippen LogP contribution in [0.4, 0.5) is 10.5 Å². The first-order chi connectivity index (χ1) is 10.0. The summed E-state index contributed by atoms with van der Waals surface area (Å²) in [7, 11) is 3.47. The molecule has 112 valence electrons. The Hall–Kier alpha value is -2.04. The number of amides is 3. The number of hydrogen-bond acceptors (Lipinski definition) is 2. The lowest BCUT2D eigenvalue weighted by Gasteiger charge is -2.48. The van der Waals surface area contributed by atoms with Crippen LogP contribution in [0.15, 0.2) is 24.3 Å². The maximum atomic E-state index is 12.7. The maximum Gasteiger partial charge on any atom is 0.320 e. The summed E-state index contributed by atoms with van der Waals surface area (Å²) < 4.78 is 0. The first-order valence-corrected chi connectivity index (χ1v) is 7.43. The molecule has 0 radical (unpaired) electrons. The SMILES string of the molecule is CN(C)C(=O)N1CCCCC12Cc1ccccc1NC2=O. The van der Waals surface area contributed by atoms with Crippen LogP contribution in [0.25, 0.3) is 0 Å². The number of hydrogen-bond donors (Lipinski definition) is 1. The summed E-state index contributed by atoms with van der Waals surface area (Å²) in [6.45, 7) is 0.645. The number of nitrogens with zero attached hydrogens (tertiary/aromatic N) is 2. The topological polar surface area (TPSA) is 52.7 Å². The van der Waals surface area contributed by atoms with Gasteiger partial charge in [-0.3, -0.25) is 4.79 Å². The van der Waals surface area contributed by atoms with Gasteiger partial charge in [0.15, 0.2) is 0 Å². The molecule has 1 unspecified atom stereocenters. The molecule has 0 saturated carbocycles. The summed E-state index contributed by atoms with van der Waals surface area (Å²) in [4.78, 5) is 28.6. The molecular weight excluding hydrogens is 266 g/mol. The van der Waals surface area contributed by atoms with E-state index < -0.39 is 5.54 Å². The van der Waals surface area contributed by atoms with E-state index in [9.17, 15) is 9.59 Å². The van der Waals surface area contributed by atoms with Crippen molar-refractivity contribution in [2.45, 2.75) is 31.2 Å². The summed E-state index contributed by atoms with van der Waals surface area (Å²) in [5, 5.41) is 2.99. The van der Waals surface area contributed by atoms with Crippen LogP contribution in [0.5, 0.6) is 0 Å². The number of rotatable bonds is 0. The Balaban J connectivity index is 2.01. The normalized spacial score (nSPS) is 24.5. The lowest BCUT2D eigenvalue weighted by atomic mass is 9.78. The second kappa shape index (κ2) is 5.06. The zero-order valence-corrected chi connectivity index (χ0v) is 12.6. The first kappa shape index (κ1) is 13.9. The number of carbonyl (C=O) groups is 2. The number of piperidine rings is 1. The molecule has 5 nitrogen and oxygen atoms in total. The highest BCUT2D eigenvalue weighted by Crippen LogP contribution is 2.38. The van der Waals surface area contributed by atoms with Gasteiger partial charge in [-0.2, -0.15) is 0 Å². The van der Waals surface area contributed by atoms with E-state index >= 15 is 0 Å². The summed E-state index contributed by atoms with van der Waals surface area (Å²) in [6.07, 6.45) is 3.27. The zero-order chi connectivity index (χ0) is 15.0. The molecule has 1 atom stereocenters. The number of urea groups is 1.